The zero-order valence-electron chi connectivity index (χ0n) is 19.7. The Morgan fingerprint density at radius 1 is 1.03 bits per heavy atom. The number of hydrogen-bond donors (Lipinski definition) is 1. The third-order valence-corrected chi connectivity index (χ3v) is 7.10. The molecule has 0 aromatic heterocycles. The third kappa shape index (κ3) is 5.27. The molecule has 1 heterocycles. The van der Waals surface area contributed by atoms with E-state index < -0.39 is 6.67 Å². The number of carbonyl (C=O) groups excluding carboxylic acids is 2. The molecule has 176 valence electrons. The van der Waals surface area contributed by atoms with Gasteiger partial charge in [-0.2, -0.15) is 0 Å². The van der Waals surface area contributed by atoms with E-state index in [1.165, 1.54) is 7.11 Å². The molecule has 1 aliphatic heterocycles. The second kappa shape index (κ2) is 9.26. The van der Waals surface area contributed by atoms with Gasteiger partial charge < -0.3 is 10.1 Å². The van der Waals surface area contributed by atoms with Crippen LogP contribution in [0.15, 0.2) is 48.5 Å². The fraction of sp³-hybridized carbons (Fsp3) is 0.481. The van der Waals surface area contributed by atoms with Crippen molar-refractivity contribution in [2.75, 3.05) is 13.7 Å². The topological polar surface area (TPSA) is 58.6 Å². The first kappa shape index (κ1) is 23.4. The monoisotopic (exact) mass is 452 g/mol. The van der Waals surface area contributed by atoms with Gasteiger partial charge in [0.2, 0.25) is 5.91 Å². The highest BCUT2D eigenvalue weighted by molar-refractivity contribution is 5.89. The average Bonchev–Trinajstić information content (AvgIpc) is 3.60. The van der Waals surface area contributed by atoms with Crippen LogP contribution in [0.5, 0.6) is 0 Å². The first-order chi connectivity index (χ1) is 15.7. The number of carbonyl (C=O) groups is 2. The molecule has 6 heteroatoms. The zero-order chi connectivity index (χ0) is 23.6. The summed E-state index contributed by atoms with van der Waals surface area (Å²) in [5, 5.41) is 3.34. The SMILES string of the molecule is COC(=O)c1ccc(C2(NC(=O)C3CC(C)(C)CCN3Cc3ccc(CF)cc3)CC2)cc1. The summed E-state index contributed by atoms with van der Waals surface area (Å²) < 4.78 is 17.6. The predicted molar refractivity (Wildman–Crippen MR) is 125 cm³/mol. The van der Waals surface area contributed by atoms with Crippen molar-refractivity contribution in [3.8, 4) is 0 Å². The van der Waals surface area contributed by atoms with Gasteiger partial charge in [0.05, 0.1) is 24.3 Å². The number of nitrogens with one attached hydrogen (secondary N) is 1. The average molecular weight is 453 g/mol. The molecule has 1 unspecified atom stereocenters. The number of halogens is 1. The van der Waals surface area contributed by atoms with Gasteiger partial charge in [0.1, 0.15) is 6.67 Å². The van der Waals surface area contributed by atoms with Crippen LogP contribution in [0, 0.1) is 5.41 Å². The van der Waals surface area contributed by atoms with Crippen molar-refractivity contribution in [2.24, 2.45) is 5.41 Å². The Morgan fingerprint density at radius 3 is 2.24 bits per heavy atom. The standard InChI is InChI=1S/C27H33FN2O3/c1-26(2)14-15-30(18-20-6-4-19(17-28)5-7-20)23(16-26)24(31)29-27(12-13-27)22-10-8-21(9-11-22)25(32)33-3/h4-11,23H,12-18H2,1-3H3,(H,29,31). The van der Waals surface area contributed by atoms with Crippen LogP contribution in [0.3, 0.4) is 0 Å². The van der Waals surface area contributed by atoms with E-state index in [9.17, 15) is 14.0 Å². The van der Waals surface area contributed by atoms with Gasteiger partial charge >= 0.3 is 5.97 Å². The van der Waals surface area contributed by atoms with E-state index in [0.29, 0.717) is 17.7 Å². The molecule has 2 fully saturated rings. The number of alkyl halides is 1. The van der Waals surface area contributed by atoms with Crippen molar-refractivity contribution in [1.29, 1.82) is 0 Å². The zero-order valence-corrected chi connectivity index (χ0v) is 19.7. The lowest BCUT2D eigenvalue weighted by atomic mass is 9.78. The van der Waals surface area contributed by atoms with Gasteiger partial charge in [-0.05, 0) is 66.5 Å². The number of nitrogens with zero attached hydrogens (tertiary/aromatic N) is 1. The minimum absolute atomic E-state index is 0.0534. The molecule has 1 aliphatic carbocycles. The fourth-order valence-electron chi connectivity index (χ4n) is 4.75. The number of piperidine rings is 1. The molecule has 0 spiro atoms. The summed E-state index contributed by atoms with van der Waals surface area (Å²) >= 11 is 0. The number of likely N-dealkylation sites (tertiary alicyclic amines) is 1. The molecule has 1 N–H and O–H groups in total. The van der Waals surface area contributed by atoms with Gasteiger partial charge in [0.15, 0.2) is 0 Å². The predicted octanol–water partition coefficient (Wildman–Crippen LogP) is 4.74. The van der Waals surface area contributed by atoms with Crippen LogP contribution >= 0.6 is 0 Å². The van der Waals surface area contributed by atoms with Crippen molar-refractivity contribution < 1.29 is 18.7 Å². The molecule has 1 saturated carbocycles. The summed E-state index contributed by atoms with van der Waals surface area (Å²) in [7, 11) is 1.37. The fourth-order valence-corrected chi connectivity index (χ4v) is 4.75. The Balaban J connectivity index is 1.49. The second-order valence-corrected chi connectivity index (χ2v) is 10.2. The molecule has 33 heavy (non-hydrogen) atoms. The Hall–Kier alpha value is -2.73. The second-order valence-electron chi connectivity index (χ2n) is 10.2. The van der Waals surface area contributed by atoms with Gasteiger partial charge in [-0.3, -0.25) is 9.69 Å². The van der Waals surface area contributed by atoms with E-state index in [1.807, 2.05) is 36.4 Å². The number of rotatable bonds is 7. The van der Waals surface area contributed by atoms with Crippen molar-refractivity contribution >= 4 is 11.9 Å². The molecule has 2 aromatic rings. The van der Waals surface area contributed by atoms with E-state index in [-0.39, 0.29) is 28.9 Å². The third-order valence-electron chi connectivity index (χ3n) is 7.10. The summed E-state index contributed by atoms with van der Waals surface area (Å²) in [6.45, 7) is 5.49. The summed E-state index contributed by atoms with van der Waals surface area (Å²) in [4.78, 5) is 27.6. The highest BCUT2D eigenvalue weighted by Crippen LogP contribution is 2.46. The quantitative estimate of drug-likeness (QED) is 0.617. The van der Waals surface area contributed by atoms with Crippen molar-refractivity contribution in [2.45, 2.75) is 64.3 Å². The Labute approximate surface area is 195 Å². The van der Waals surface area contributed by atoms with Crippen LogP contribution in [0.4, 0.5) is 4.39 Å². The number of ether oxygens (including phenoxy) is 1. The number of hydrogen-bond acceptors (Lipinski definition) is 4. The van der Waals surface area contributed by atoms with Crippen molar-refractivity contribution in [1.82, 2.24) is 10.2 Å². The lowest BCUT2D eigenvalue weighted by molar-refractivity contribution is -0.131. The Bertz CT molecular complexity index is 997. The first-order valence-electron chi connectivity index (χ1n) is 11.6. The normalized spacial score (nSPS) is 21.3. The maximum atomic E-state index is 13.6. The molecule has 2 aliphatic rings. The first-order valence-corrected chi connectivity index (χ1v) is 11.6. The lowest BCUT2D eigenvalue weighted by Gasteiger charge is -2.43. The summed E-state index contributed by atoms with van der Waals surface area (Å²) in [5.41, 5.74) is 3.01. The lowest BCUT2D eigenvalue weighted by Crippen LogP contribution is -2.54. The molecular formula is C27H33FN2O3. The molecule has 0 radical (unpaired) electrons. The van der Waals surface area contributed by atoms with Crippen LogP contribution in [-0.4, -0.2) is 36.5 Å². The minimum Gasteiger partial charge on any atom is -0.465 e. The molecular weight excluding hydrogens is 419 g/mol. The highest BCUT2D eigenvalue weighted by Gasteiger charge is 2.48. The van der Waals surface area contributed by atoms with Crippen LogP contribution in [0.1, 0.15) is 66.6 Å². The maximum Gasteiger partial charge on any atom is 0.337 e. The summed E-state index contributed by atoms with van der Waals surface area (Å²) in [5.74, 6) is -0.312. The van der Waals surface area contributed by atoms with E-state index in [2.05, 4.69) is 24.1 Å². The van der Waals surface area contributed by atoms with E-state index in [4.69, 9.17) is 4.74 Å². The highest BCUT2D eigenvalue weighted by atomic mass is 19.1. The number of amides is 1. The van der Waals surface area contributed by atoms with Gasteiger partial charge in [0.25, 0.3) is 0 Å². The van der Waals surface area contributed by atoms with E-state index in [1.54, 1.807) is 12.1 Å². The summed E-state index contributed by atoms with van der Waals surface area (Å²) in [6.07, 6.45) is 3.59. The number of benzene rings is 2. The number of esters is 1. The molecule has 0 bridgehead atoms. The van der Waals surface area contributed by atoms with Gasteiger partial charge in [-0.25, -0.2) is 9.18 Å². The van der Waals surface area contributed by atoms with Gasteiger partial charge in [-0.15, -0.1) is 0 Å². The largest absolute Gasteiger partial charge is 0.465 e. The van der Waals surface area contributed by atoms with Crippen LogP contribution in [-0.2, 0) is 28.3 Å². The van der Waals surface area contributed by atoms with Gasteiger partial charge in [-0.1, -0.05) is 50.2 Å². The molecule has 5 nitrogen and oxygen atoms in total. The summed E-state index contributed by atoms with van der Waals surface area (Å²) in [6, 6.07) is 14.6. The molecule has 1 atom stereocenters. The van der Waals surface area contributed by atoms with Crippen LogP contribution in [0.2, 0.25) is 0 Å². The molecule has 4 rings (SSSR count). The van der Waals surface area contributed by atoms with Crippen molar-refractivity contribution in [3.63, 3.8) is 0 Å². The molecule has 1 amide bonds. The van der Waals surface area contributed by atoms with Gasteiger partial charge in [0, 0.05) is 6.54 Å². The minimum atomic E-state index is -0.466. The van der Waals surface area contributed by atoms with Crippen molar-refractivity contribution in [3.05, 3.63) is 70.8 Å². The van der Waals surface area contributed by atoms with Crippen LogP contribution in [0.25, 0.3) is 0 Å². The van der Waals surface area contributed by atoms with Crippen LogP contribution < -0.4 is 5.32 Å². The van der Waals surface area contributed by atoms with E-state index >= 15 is 0 Å². The molecule has 2 aromatic carbocycles. The number of methoxy groups -OCH3 is 1. The Morgan fingerprint density at radius 2 is 1.67 bits per heavy atom. The molecule has 1 saturated heterocycles. The Kier molecular flexibility index (Phi) is 6.57. The maximum absolute atomic E-state index is 13.6. The van der Waals surface area contributed by atoms with E-state index in [0.717, 1.165) is 43.4 Å². The smallest absolute Gasteiger partial charge is 0.337 e.